The van der Waals surface area contributed by atoms with E-state index in [1.807, 2.05) is 0 Å². The molecule has 0 bridgehead atoms. The van der Waals surface area contributed by atoms with Crippen molar-refractivity contribution < 1.29 is 14.5 Å². The van der Waals surface area contributed by atoms with Gasteiger partial charge in [-0.3, -0.25) is 29.3 Å². The van der Waals surface area contributed by atoms with E-state index < -0.39 is 4.92 Å². The Balaban J connectivity index is 1.95. The zero-order valence-electron chi connectivity index (χ0n) is 8.90. The third-order valence-electron chi connectivity index (χ3n) is 2.54. The van der Waals surface area contributed by atoms with Crippen molar-refractivity contribution in [3.8, 4) is 0 Å². The molecule has 2 amide bonds. The first-order chi connectivity index (χ1) is 8.08. The zero-order chi connectivity index (χ0) is 12.4. The van der Waals surface area contributed by atoms with Gasteiger partial charge in [-0.2, -0.15) is 5.10 Å². The first-order valence-electron chi connectivity index (χ1n) is 5.08. The lowest BCUT2D eigenvalue weighted by Crippen LogP contribution is -2.32. The standard InChI is InChI=1S/C9H10N4O4/c14-8-1-2-9(15)12(8)4-3-11-6-7(5-10-11)13(16)17/h5-6H,1-4H2. The van der Waals surface area contributed by atoms with Crippen LogP contribution in [-0.4, -0.2) is 38.0 Å². The Morgan fingerprint density at radius 3 is 2.47 bits per heavy atom. The second-order valence-electron chi connectivity index (χ2n) is 3.66. The first kappa shape index (κ1) is 11.2. The summed E-state index contributed by atoms with van der Waals surface area (Å²) in [5, 5.41) is 14.2. The number of nitrogens with zero attached hydrogens (tertiary/aromatic N) is 4. The lowest BCUT2D eigenvalue weighted by Gasteiger charge is -2.12. The minimum absolute atomic E-state index is 0.107. The third kappa shape index (κ3) is 2.30. The number of amides is 2. The van der Waals surface area contributed by atoms with Crippen LogP contribution in [0.2, 0.25) is 0 Å². The molecule has 17 heavy (non-hydrogen) atoms. The normalized spacial score (nSPS) is 15.6. The number of likely N-dealkylation sites (tertiary alicyclic amines) is 1. The number of hydrogen-bond donors (Lipinski definition) is 0. The molecule has 0 aromatic carbocycles. The Morgan fingerprint density at radius 1 is 1.29 bits per heavy atom. The van der Waals surface area contributed by atoms with E-state index in [1.54, 1.807) is 0 Å². The van der Waals surface area contributed by atoms with Crippen LogP contribution >= 0.6 is 0 Å². The predicted octanol–water partition coefficient (Wildman–Crippen LogP) is -0.0597. The molecule has 0 saturated carbocycles. The van der Waals surface area contributed by atoms with Crippen LogP contribution in [0, 0.1) is 10.1 Å². The van der Waals surface area contributed by atoms with Gasteiger partial charge in [-0.15, -0.1) is 0 Å². The van der Waals surface area contributed by atoms with Gasteiger partial charge in [0.15, 0.2) is 0 Å². The van der Waals surface area contributed by atoms with E-state index in [0.717, 1.165) is 11.1 Å². The maximum Gasteiger partial charge on any atom is 0.306 e. The van der Waals surface area contributed by atoms with E-state index in [0.29, 0.717) is 0 Å². The molecule has 8 heteroatoms. The van der Waals surface area contributed by atoms with Crippen LogP contribution < -0.4 is 0 Å². The van der Waals surface area contributed by atoms with Crippen LogP contribution in [0.1, 0.15) is 12.8 Å². The number of aromatic nitrogens is 2. The summed E-state index contributed by atoms with van der Waals surface area (Å²) in [4.78, 5) is 33.6. The highest BCUT2D eigenvalue weighted by atomic mass is 16.6. The van der Waals surface area contributed by atoms with E-state index in [-0.39, 0.29) is 43.4 Å². The molecule has 0 radical (unpaired) electrons. The summed E-state index contributed by atoms with van der Waals surface area (Å²) in [6.07, 6.45) is 2.90. The van der Waals surface area contributed by atoms with Gasteiger partial charge in [0.25, 0.3) is 0 Å². The molecule has 0 unspecified atom stereocenters. The van der Waals surface area contributed by atoms with Crippen molar-refractivity contribution in [3.05, 3.63) is 22.5 Å². The molecule has 2 rings (SSSR count). The summed E-state index contributed by atoms with van der Waals surface area (Å²) in [7, 11) is 0. The second kappa shape index (κ2) is 4.32. The van der Waals surface area contributed by atoms with Crippen LogP contribution in [0.5, 0.6) is 0 Å². The van der Waals surface area contributed by atoms with Crippen molar-refractivity contribution in [2.24, 2.45) is 0 Å². The molecule has 0 N–H and O–H groups in total. The summed E-state index contributed by atoms with van der Waals surface area (Å²) in [6, 6.07) is 0. The topological polar surface area (TPSA) is 98.3 Å². The third-order valence-corrected chi connectivity index (χ3v) is 2.54. The fourth-order valence-electron chi connectivity index (χ4n) is 1.64. The molecule has 1 aliphatic heterocycles. The van der Waals surface area contributed by atoms with Gasteiger partial charge >= 0.3 is 5.69 Å². The molecule has 1 aromatic rings. The van der Waals surface area contributed by atoms with E-state index in [9.17, 15) is 19.7 Å². The summed E-state index contributed by atoms with van der Waals surface area (Å²) < 4.78 is 1.34. The number of hydrogen-bond acceptors (Lipinski definition) is 5. The molecule has 1 fully saturated rings. The molecule has 8 nitrogen and oxygen atoms in total. The molecule has 1 aliphatic rings. The molecular formula is C9H10N4O4. The fraction of sp³-hybridized carbons (Fsp3) is 0.444. The smallest absolute Gasteiger partial charge is 0.281 e. The van der Waals surface area contributed by atoms with Gasteiger partial charge in [-0.25, -0.2) is 0 Å². The molecule has 0 spiro atoms. The minimum atomic E-state index is -0.546. The lowest BCUT2D eigenvalue weighted by atomic mass is 10.4. The Morgan fingerprint density at radius 2 is 1.94 bits per heavy atom. The molecule has 0 atom stereocenters. The van der Waals surface area contributed by atoms with Crippen LogP contribution in [0.4, 0.5) is 5.69 Å². The number of imide groups is 1. The quantitative estimate of drug-likeness (QED) is 0.415. The van der Waals surface area contributed by atoms with Gasteiger partial charge in [0.1, 0.15) is 12.4 Å². The molecular weight excluding hydrogens is 228 g/mol. The Bertz CT molecular complexity index is 465. The van der Waals surface area contributed by atoms with Gasteiger partial charge in [0.2, 0.25) is 11.8 Å². The van der Waals surface area contributed by atoms with Gasteiger partial charge < -0.3 is 0 Å². The van der Waals surface area contributed by atoms with Crippen molar-refractivity contribution in [1.29, 1.82) is 0 Å². The van der Waals surface area contributed by atoms with Crippen LogP contribution in [0.25, 0.3) is 0 Å². The maximum atomic E-state index is 11.3. The molecule has 0 aliphatic carbocycles. The summed E-state index contributed by atoms with van der Waals surface area (Å²) in [5.41, 5.74) is -0.107. The Kier molecular flexibility index (Phi) is 2.86. The largest absolute Gasteiger partial charge is 0.306 e. The SMILES string of the molecule is O=C1CCC(=O)N1CCn1cc([N+](=O)[O-])cn1. The first-order valence-corrected chi connectivity index (χ1v) is 5.08. The molecule has 2 heterocycles. The van der Waals surface area contributed by atoms with E-state index in [1.165, 1.54) is 10.9 Å². The van der Waals surface area contributed by atoms with Gasteiger partial charge in [-0.05, 0) is 0 Å². The summed E-state index contributed by atoms with van der Waals surface area (Å²) >= 11 is 0. The van der Waals surface area contributed by atoms with Crippen LogP contribution in [-0.2, 0) is 16.1 Å². The predicted molar refractivity (Wildman–Crippen MR) is 54.8 cm³/mol. The van der Waals surface area contributed by atoms with E-state index in [4.69, 9.17) is 0 Å². The summed E-state index contributed by atoms with van der Waals surface area (Å²) in [5.74, 6) is -0.395. The second-order valence-corrected chi connectivity index (χ2v) is 3.66. The highest BCUT2D eigenvalue weighted by Gasteiger charge is 2.28. The van der Waals surface area contributed by atoms with Gasteiger partial charge in [0, 0.05) is 19.4 Å². The van der Waals surface area contributed by atoms with E-state index >= 15 is 0 Å². The van der Waals surface area contributed by atoms with Crippen molar-refractivity contribution in [2.45, 2.75) is 19.4 Å². The van der Waals surface area contributed by atoms with Crippen LogP contribution in [0.3, 0.4) is 0 Å². The van der Waals surface area contributed by atoms with Gasteiger partial charge in [0.05, 0.1) is 11.5 Å². The maximum absolute atomic E-state index is 11.3. The average molecular weight is 238 g/mol. The van der Waals surface area contributed by atoms with Gasteiger partial charge in [-0.1, -0.05) is 0 Å². The molecule has 1 aromatic heterocycles. The highest BCUT2D eigenvalue weighted by molar-refractivity contribution is 6.01. The number of carbonyl (C=O) groups is 2. The fourth-order valence-corrected chi connectivity index (χ4v) is 1.64. The van der Waals surface area contributed by atoms with E-state index in [2.05, 4.69) is 5.10 Å². The zero-order valence-corrected chi connectivity index (χ0v) is 8.90. The van der Waals surface area contributed by atoms with Crippen molar-refractivity contribution in [3.63, 3.8) is 0 Å². The van der Waals surface area contributed by atoms with Crippen molar-refractivity contribution >= 4 is 17.5 Å². The summed E-state index contributed by atoms with van der Waals surface area (Å²) in [6.45, 7) is 0.474. The lowest BCUT2D eigenvalue weighted by molar-refractivity contribution is -0.385. The minimum Gasteiger partial charge on any atom is -0.281 e. The van der Waals surface area contributed by atoms with Crippen molar-refractivity contribution in [1.82, 2.24) is 14.7 Å². The Labute approximate surface area is 96.0 Å². The number of carbonyl (C=O) groups excluding carboxylic acids is 2. The average Bonchev–Trinajstić information content (AvgIpc) is 2.85. The molecule has 90 valence electrons. The number of nitro groups is 1. The van der Waals surface area contributed by atoms with Crippen molar-refractivity contribution in [2.75, 3.05) is 6.54 Å². The number of rotatable bonds is 4. The highest BCUT2D eigenvalue weighted by Crippen LogP contribution is 2.12. The molecule has 1 saturated heterocycles. The monoisotopic (exact) mass is 238 g/mol. The Hall–Kier alpha value is -2.25. The van der Waals surface area contributed by atoms with Crippen LogP contribution in [0.15, 0.2) is 12.4 Å².